The summed E-state index contributed by atoms with van der Waals surface area (Å²) in [6.45, 7) is 12.3. The summed E-state index contributed by atoms with van der Waals surface area (Å²) in [7, 11) is 0. The first-order valence-corrected chi connectivity index (χ1v) is 13.2. The predicted molar refractivity (Wildman–Crippen MR) is 139 cm³/mol. The maximum atomic E-state index is 12.7. The highest BCUT2D eigenvalue weighted by molar-refractivity contribution is 5.70. The standard InChI is InChI=1S/C22H26N2O2.C7H14N2/c1-18-14-24(21(25)26-16-20-10-6-3-7-11-20)22(18)12-13-23(17-22)15-19-8-4-2-5-9-19;1-6-4-9-7(6)2-3-8-5-7/h2-11,18H,12-17H2,1H3;6,8-9H,2-5H2,1H3/t18-,22-;6-,7-/m00/s1. The molecule has 4 heterocycles. The molecule has 2 aromatic carbocycles. The normalized spacial score (nSPS) is 31.5. The number of hydrogen-bond acceptors (Lipinski definition) is 5. The van der Waals surface area contributed by atoms with Crippen molar-refractivity contribution in [2.75, 3.05) is 39.3 Å². The van der Waals surface area contributed by atoms with E-state index in [1.165, 1.54) is 31.6 Å². The van der Waals surface area contributed by atoms with Crippen LogP contribution in [-0.2, 0) is 17.9 Å². The third-order valence-electron chi connectivity index (χ3n) is 8.84. The highest BCUT2D eigenvalue weighted by Crippen LogP contribution is 2.44. The predicted octanol–water partition coefficient (Wildman–Crippen LogP) is 3.88. The Balaban J connectivity index is 0.000000234. The van der Waals surface area contributed by atoms with Gasteiger partial charge in [0.25, 0.3) is 0 Å². The van der Waals surface area contributed by atoms with Crippen molar-refractivity contribution in [1.29, 1.82) is 0 Å². The third-order valence-corrected chi connectivity index (χ3v) is 8.84. The van der Waals surface area contributed by atoms with Gasteiger partial charge >= 0.3 is 6.09 Å². The number of hydrogen-bond donors (Lipinski definition) is 2. The Bertz CT molecular complexity index is 979. The molecule has 0 unspecified atom stereocenters. The summed E-state index contributed by atoms with van der Waals surface area (Å²) in [5, 5.41) is 6.89. The second-order valence-corrected chi connectivity index (χ2v) is 11.0. The maximum absolute atomic E-state index is 12.7. The van der Waals surface area contributed by atoms with E-state index < -0.39 is 0 Å². The van der Waals surface area contributed by atoms with Crippen LogP contribution < -0.4 is 10.6 Å². The molecule has 4 fully saturated rings. The molecule has 0 bridgehead atoms. The smallest absolute Gasteiger partial charge is 0.410 e. The van der Waals surface area contributed by atoms with Crippen LogP contribution in [0.5, 0.6) is 0 Å². The van der Waals surface area contributed by atoms with E-state index in [9.17, 15) is 4.79 Å². The first kappa shape index (κ1) is 24.3. The van der Waals surface area contributed by atoms with Crippen molar-refractivity contribution in [2.45, 2.75) is 50.9 Å². The Morgan fingerprint density at radius 1 is 1.00 bits per heavy atom. The van der Waals surface area contributed by atoms with E-state index in [0.717, 1.165) is 44.1 Å². The molecular weight excluding hydrogens is 436 g/mol. The number of nitrogens with zero attached hydrogens (tertiary/aromatic N) is 2. The molecule has 0 radical (unpaired) electrons. The Hall–Kier alpha value is -2.41. The van der Waals surface area contributed by atoms with Gasteiger partial charge in [-0.15, -0.1) is 0 Å². The van der Waals surface area contributed by atoms with Gasteiger partial charge in [0.15, 0.2) is 0 Å². The molecule has 6 nitrogen and oxygen atoms in total. The largest absolute Gasteiger partial charge is 0.445 e. The van der Waals surface area contributed by atoms with Crippen LogP contribution in [0.3, 0.4) is 0 Å². The Labute approximate surface area is 210 Å². The van der Waals surface area contributed by atoms with Crippen LogP contribution in [0.15, 0.2) is 60.7 Å². The molecule has 2 spiro atoms. The molecule has 0 aromatic heterocycles. The molecule has 6 heteroatoms. The minimum absolute atomic E-state index is 0.0530. The number of carbonyl (C=O) groups excluding carboxylic acids is 1. The molecule has 4 atom stereocenters. The molecule has 188 valence electrons. The van der Waals surface area contributed by atoms with Crippen molar-refractivity contribution in [3.8, 4) is 0 Å². The summed E-state index contributed by atoms with van der Waals surface area (Å²) in [5.74, 6) is 1.42. The van der Waals surface area contributed by atoms with Crippen molar-refractivity contribution in [3.63, 3.8) is 0 Å². The fraction of sp³-hybridized carbons (Fsp3) is 0.552. The Morgan fingerprint density at radius 2 is 1.71 bits per heavy atom. The summed E-state index contributed by atoms with van der Waals surface area (Å²) in [5.41, 5.74) is 2.82. The van der Waals surface area contributed by atoms with E-state index in [2.05, 4.69) is 53.6 Å². The van der Waals surface area contributed by atoms with Gasteiger partial charge in [-0.2, -0.15) is 0 Å². The van der Waals surface area contributed by atoms with Crippen LogP contribution in [0.25, 0.3) is 0 Å². The van der Waals surface area contributed by atoms with E-state index in [1.807, 2.05) is 41.3 Å². The molecule has 1 amide bonds. The topological polar surface area (TPSA) is 56.8 Å². The van der Waals surface area contributed by atoms with Crippen LogP contribution in [-0.4, -0.2) is 66.2 Å². The molecule has 0 aliphatic carbocycles. The van der Waals surface area contributed by atoms with E-state index >= 15 is 0 Å². The quantitative estimate of drug-likeness (QED) is 0.702. The van der Waals surface area contributed by atoms with E-state index in [-0.39, 0.29) is 11.6 Å². The zero-order valence-corrected chi connectivity index (χ0v) is 21.2. The molecule has 2 N–H and O–H groups in total. The van der Waals surface area contributed by atoms with Gasteiger partial charge in [-0.05, 0) is 42.3 Å². The summed E-state index contributed by atoms with van der Waals surface area (Å²) in [4.78, 5) is 17.1. The average molecular weight is 477 g/mol. The van der Waals surface area contributed by atoms with Crippen LogP contribution in [0.2, 0.25) is 0 Å². The highest BCUT2D eigenvalue weighted by Gasteiger charge is 2.57. The molecule has 4 saturated heterocycles. The molecule has 0 saturated carbocycles. The summed E-state index contributed by atoms with van der Waals surface area (Å²) < 4.78 is 5.59. The van der Waals surface area contributed by atoms with Gasteiger partial charge in [0, 0.05) is 44.8 Å². The van der Waals surface area contributed by atoms with Crippen LogP contribution in [0, 0.1) is 11.8 Å². The fourth-order valence-electron chi connectivity index (χ4n) is 6.21. The number of nitrogens with one attached hydrogen (secondary N) is 2. The lowest BCUT2D eigenvalue weighted by atomic mass is 9.74. The highest BCUT2D eigenvalue weighted by atomic mass is 16.6. The van der Waals surface area contributed by atoms with Crippen LogP contribution in [0.4, 0.5) is 4.79 Å². The van der Waals surface area contributed by atoms with Crippen LogP contribution in [0.1, 0.15) is 37.8 Å². The molecule has 35 heavy (non-hydrogen) atoms. The SMILES string of the molecule is C[C@H]1CN(C(=O)OCc2ccccc2)[C@]12CCN(Cc1ccccc1)C2.C[C@H]1CN[C@]12CCNC2. The molecule has 4 aliphatic rings. The monoisotopic (exact) mass is 476 g/mol. The Morgan fingerprint density at radius 3 is 2.26 bits per heavy atom. The number of ether oxygens (including phenoxy) is 1. The fourth-order valence-corrected chi connectivity index (χ4v) is 6.21. The van der Waals surface area contributed by atoms with E-state index in [1.54, 1.807) is 0 Å². The molecular formula is C29H40N4O2. The first-order valence-electron chi connectivity index (χ1n) is 13.2. The zero-order chi connectivity index (χ0) is 24.3. The zero-order valence-electron chi connectivity index (χ0n) is 21.2. The van der Waals surface area contributed by atoms with Gasteiger partial charge in [0.2, 0.25) is 0 Å². The number of likely N-dealkylation sites (tertiary alicyclic amines) is 2. The van der Waals surface area contributed by atoms with Crippen molar-refractivity contribution in [1.82, 2.24) is 20.4 Å². The lowest BCUT2D eigenvalue weighted by Crippen LogP contribution is -2.69. The van der Waals surface area contributed by atoms with Crippen molar-refractivity contribution < 1.29 is 9.53 Å². The third kappa shape index (κ3) is 4.97. The summed E-state index contributed by atoms with van der Waals surface area (Å²) in [6, 6.07) is 20.4. The minimum Gasteiger partial charge on any atom is -0.445 e. The van der Waals surface area contributed by atoms with Gasteiger partial charge in [0.05, 0.1) is 5.54 Å². The maximum Gasteiger partial charge on any atom is 0.410 e. The first-order chi connectivity index (χ1) is 17.0. The van der Waals surface area contributed by atoms with Gasteiger partial charge in [-0.1, -0.05) is 74.5 Å². The van der Waals surface area contributed by atoms with E-state index in [4.69, 9.17) is 4.74 Å². The Kier molecular flexibility index (Phi) is 7.14. The van der Waals surface area contributed by atoms with Gasteiger partial charge in [-0.25, -0.2) is 4.79 Å². The number of amides is 1. The van der Waals surface area contributed by atoms with Gasteiger partial charge in [-0.3, -0.25) is 4.90 Å². The average Bonchev–Trinajstić information content (AvgIpc) is 3.57. The second kappa shape index (κ2) is 10.3. The summed E-state index contributed by atoms with van der Waals surface area (Å²) in [6.07, 6.45) is 2.18. The van der Waals surface area contributed by atoms with Gasteiger partial charge in [0.1, 0.15) is 6.61 Å². The lowest BCUT2D eigenvalue weighted by Gasteiger charge is -2.55. The number of rotatable bonds is 4. The second-order valence-electron chi connectivity index (χ2n) is 11.0. The lowest BCUT2D eigenvalue weighted by molar-refractivity contribution is -0.0572. The van der Waals surface area contributed by atoms with Crippen molar-refractivity contribution in [2.24, 2.45) is 11.8 Å². The molecule has 6 rings (SSSR count). The number of benzene rings is 2. The summed E-state index contributed by atoms with van der Waals surface area (Å²) >= 11 is 0. The van der Waals surface area contributed by atoms with E-state index in [0.29, 0.717) is 18.1 Å². The number of carbonyl (C=O) groups is 1. The molecule has 2 aromatic rings. The van der Waals surface area contributed by atoms with Crippen molar-refractivity contribution >= 4 is 6.09 Å². The molecule has 4 aliphatic heterocycles. The van der Waals surface area contributed by atoms with Crippen LogP contribution >= 0.6 is 0 Å². The van der Waals surface area contributed by atoms with Crippen molar-refractivity contribution in [3.05, 3.63) is 71.8 Å². The van der Waals surface area contributed by atoms with Gasteiger partial charge < -0.3 is 20.3 Å². The minimum atomic E-state index is -0.173.